The van der Waals surface area contributed by atoms with Crippen LogP contribution in [0.25, 0.3) is 11.3 Å². The van der Waals surface area contributed by atoms with Crippen molar-refractivity contribution in [2.75, 3.05) is 6.61 Å². The van der Waals surface area contributed by atoms with Gasteiger partial charge >= 0.3 is 6.09 Å². The van der Waals surface area contributed by atoms with Gasteiger partial charge in [0, 0.05) is 24.1 Å². The highest BCUT2D eigenvalue weighted by atomic mass is 16.6. The molecule has 1 aromatic heterocycles. The molecule has 2 aromatic carbocycles. The number of non-ortho nitro benzene ring substituents is 1. The maximum absolute atomic E-state index is 12.7. The van der Waals surface area contributed by atoms with Gasteiger partial charge in [0.1, 0.15) is 17.6 Å². The number of nitrogens with zero attached hydrogens (tertiary/aromatic N) is 2. The van der Waals surface area contributed by atoms with E-state index in [0.29, 0.717) is 22.6 Å². The first-order valence-corrected chi connectivity index (χ1v) is 10.5. The number of hydrazone groups is 1. The number of carbonyl (C=O) groups excluding carboxylic acids is 2. The average Bonchev–Trinajstić information content (AvgIpc) is 3.28. The van der Waals surface area contributed by atoms with Crippen molar-refractivity contribution < 1.29 is 23.7 Å². The van der Waals surface area contributed by atoms with E-state index in [1.54, 1.807) is 32.0 Å². The summed E-state index contributed by atoms with van der Waals surface area (Å²) in [5.74, 6) is 0.350. The molecule has 3 rings (SSSR count). The van der Waals surface area contributed by atoms with Gasteiger partial charge < -0.3 is 14.5 Å². The molecule has 0 saturated carbocycles. The van der Waals surface area contributed by atoms with E-state index in [0.717, 1.165) is 5.56 Å². The highest BCUT2D eigenvalue weighted by Gasteiger charge is 2.21. The lowest BCUT2D eigenvalue weighted by atomic mass is 10.1. The Kier molecular flexibility index (Phi) is 8.11. The first-order chi connectivity index (χ1) is 16.4. The van der Waals surface area contributed by atoms with Crippen molar-refractivity contribution in [3.63, 3.8) is 0 Å². The Balaban J connectivity index is 1.67. The number of amides is 2. The number of hydrogen-bond donors (Lipinski definition) is 2. The zero-order valence-corrected chi connectivity index (χ0v) is 18.7. The first kappa shape index (κ1) is 24.2. The number of hydrogen-bond acceptors (Lipinski definition) is 7. The molecule has 3 aromatic rings. The molecule has 2 N–H and O–H groups in total. The molecule has 0 aliphatic heterocycles. The molecule has 0 fully saturated rings. The van der Waals surface area contributed by atoms with Gasteiger partial charge in [-0.3, -0.25) is 14.9 Å². The van der Waals surface area contributed by atoms with Crippen molar-refractivity contribution in [3.8, 4) is 11.3 Å². The molecule has 0 aliphatic rings. The number of nitro benzene ring substituents is 1. The number of nitro groups is 1. The molecule has 1 atom stereocenters. The van der Waals surface area contributed by atoms with Crippen LogP contribution < -0.4 is 10.7 Å². The van der Waals surface area contributed by atoms with Crippen molar-refractivity contribution in [3.05, 3.63) is 87.7 Å². The lowest BCUT2D eigenvalue weighted by molar-refractivity contribution is -0.384. The lowest BCUT2D eigenvalue weighted by Gasteiger charge is -2.16. The second-order valence-corrected chi connectivity index (χ2v) is 7.30. The molecular formula is C24H24N4O6. The van der Waals surface area contributed by atoms with Gasteiger partial charge in [0.15, 0.2) is 0 Å². The second kappa shape index (κ2) is 11.4. The zero-order valence-electron chi connectivity index (χ0n) is 18.7. The van der Waals surface area contributed by atoms with Crippen LogP contribution in [-0.2, 0) is 16.0 Å². The summed E-state index contributed by atoms with van der Waals surface area (Å²) in [6, 6.07) is 16.2. The Bertz CT molecular complexity index is 1190. The van der Waals surface area contributed by atoms with E-state index in [1.165, 1.54) is 18.3 Å². The third-order valence-electron chi connectivity index (χ3n) is 4.85. The zero-order chi connectivity index (χ0) is 24.5. The summed E-state index contributed by atoms with van der Waals surface area (Å²) < 4.78 is 10.6. The predicted molar refractivity (Wildman–Crippen MR) is 125 cm³/mol. The third-order valence-corrected chi connectivity index (χ3v) is 4.85. The molecule has 2 amide bonds. The SMILES string of the molecule is CCOC(=O)N[C@@H](Cc1ccccc1)C(=O)N/N=C\c1ccc(-c2ccc([N+](=O)[O-])cc2C)o1. The van der Waals surface area contributed by atoms with Crippen LogP contribution in [0.3, 0.4) is 0 Å². The number of aryl methyl sites for hydroxylation is 1. The molecule has 0 radical (unpaired) electrons. The van der Waals surface area contributed by atoms with Gasteiger partial charge in [-0.2, -0.15) is 5.10 Å². The van der Waals surface area contributed by atoms with Crippen molar-refractivity contribution >= 4 is 23.9 Å². The molecule has 0 spiro atoms. The summed E-state index contributed by atoms with van der Waals surface area (Å²) in [5.41, 5.74) is 4.66. The normalized spacial score (nSPS) is 11.7. The van der Waals surface area contributed by atoms with Crippen LogP contribution >= 0.6 is 0 Å². The molecule has 1 heterocycles. The third kappa shape index (κ3) is 6.52. The van der Waals surface area contributed by atoms with Crippen LogP contribution in [0.1, 0.15) is 23.8 Å². The molecule has 0 aliphatic carbocycles. The summed E-state index contributed by atoms with van der Waals surface area (Å²) in [7, 11) is 0. The topological polar surface area (TPSA) is 136 Å². The van der Waals surface area contributed by atoms with Crippen molar-refractivity contribution in [2.45, 2.75) is 26.3 Å². The number of ether oxygens (including phenoxy) is 1. The average molecular weight is 464 g/mol. The lowest BCUT2D eigenvalue weighted by Crippen LogP contribution is -2.47. The van der Waals surface area contributed by atoms with Crippen LogP contribution in [0.4, 0.5) is 10.5 Å². The number of rotatable bonds is 9. The van der Waals surface area contributed by atoms with Gasteiger partial charge in [-0.05, 0) is 43.2 Å². The van der Waals surface area contributed by atoms with Gasteiger partial charge in [-0.1, -0.05) is 30.3 Å². The molecule has 10 heteroatoms. The Hall–Kier alpha value is -4.47. The molecule has 34 heavy (non-hydrogen) atoms. The van der Waals surface area contributed by atoms with Gasteiger partial charge in [0.25, 0.3) is 11.6 Å². The number of furan rings is 1. The van der Waals surface area contributed by atoms with Crippen LogP contribution in [0, 0.1) is 17.0 Å². The van der Waals surface area contributed by atoms with Crippen LogP contribution in [0.15, 0.2) is 70.2 Å². The van der Waals surface area contributed by atoms with Crippen molar-refractivity contribution in [2.24, 2.45) is 5.10 Å². The quantitative estimate of drug-likeness (QED) is 0.279. The molecule has 10 nitrogen and oxygen atoms in total. The Labute approximate surface area is 195 Å². The van der Waals surface area contributed by atoms with E-state index in [1.807, 2.05) is 30.3 Å². The summed E-state index contributed by atoms with van der Waals surface area (Å²) in [5, 5.41) is 17.4. The monoisotopic (exact) mass is 464 g/mol. The number of carbonyl (C=O) groups is 2. The van der Waals surface area contributed by atoms with E-state index in [-0.39, 0.29) is 18.7 Å². The van der Waals surface area contributed by atoms with Crippen molar-refractivity contribution in [1.29, 1.82) is 0 Å². The molecule has 176 valence electrons. The predicted octanol–water partition coefficient (Wildman–Crippen LogP) is 3.97. The summed E-state index contributed by atoms with van der Waals surface area (Å²) >= 11 is 0. The summed E-state index contributed by atoms with van der Waals surface area (Å²) in [6.45, 7) is 3.60. The molecule has 0 unspecified atom stereocenters. The van der Waals surface area contributed by atoms with Gasteiger partial charge in [0.05, 0.1) is 17.7 Å². The van der Waals surface area contributed by atoms with Crippen LogP contribution in [-0.4, -0.2) is 35.8 Å². The largest absolute Gasteiger partial charge is 0.455 e. The van der Waals surface area contributed by atoms with Crippen LogP contribution in [0.2, 0.25) is 0 Å². The number of benzene rings is 2. The maximum Gasteiger partial charge on any atom is 0.407 e. The minimum absolute atomic E-state index is 0.00112. The smallest absolute Gasteiger partial charge is 0.407 e. The highest BCUT2D eigenvalue weighted by Crippen LogP contribution is 2.28. The maximum atomic E-state index is 12.7. The fraction of sp³-hybridized carbons (Fsp3) is 0.208. The Morgan fingerprint density at radius 3 is 2.62 bits per heavy atom. The number of alkyl carbamates (subject to hydrolysis) is 1. The first-order valence-electron chi connectivity index (χ1n) is 10.5. The van der Waals surface area contributed by atoms with Crippen LogP contribution in [0.5, 0.6) is 0 Å². The number of nitrogens with one attached hydrogen (secondary N) is 2. The Morgan fingerprint density at radius 1 is 1.18 bits per heavy atom. The fourth-order valence-corrected chi connectivity index (χ4v) is 3.22. The Morgan fingerprint density at radius 2 is 1.94 bits per heavy atom. The van der Waals surface area contributed by atoms with E-state index >= 15 is 0 Å². The van der Waals surface area contributed by atoms with Gasteiger partial charge in [-0.25, -0.2) is 10.2 Å². The van der Waals surface area contributed by atoms with E-state index < -0.39 is 23.0 Å². The van der Waals surface area contributed by atoms with Crippen molar-refractivity contribution in [1.82, 2.24) is 10.7 Å². The highest BCUT2D eigenvalue weighted by molar-refractivity contribution is 5.87. The summed E-state index contributed by atoms with van der Waals surface area (Å²) in [4.78, 5) is 35.0. The molecular weight excluding hydrogens is 440 g/mol. The fourth-order valence-electron chi connectivity index (χ4n) is 3.22. The van der Waals surface area contributed by atoms with Gasteiger partial charge in [0.2, 0.25) is 0 Å². The standard InChI is InChI=1S/C24H24N4O6/c1-3-33-24(30)26-21(14-17-7-5-4-6-8-17)23(29)27-25-15-19-10-12-22(34-19)20-11-9-18(28(31)32)13-16(20)2/h4-13,15,21H,3,14H2,1-2H3,(H,26,30)(H,27,29)/b25-15-/t21-/m0/s1. The minimum atomic E-state index is -0.895. The molecule has 0 bridgehead atoms. The molecule has 0 saturated heterocycles. The summed E-state index contributed by atoms with van der Waals surface area (Å²) in [6.07, 6.45) is 0.883. The minimum Gasteiger partial charge on any atom is -0.455 e. The van der Waals surface area contributed by atoms with E-state index in [4.69, 9.17) is 9.15 Å². The van der Waals surface area contributed by atoms with E-state index in [9.17, 15) is 19.7 Å². The van der Waals surface area contributed by atoms with Gasteiger partial charge in [-0.15, -0.1) is 0 Å². The second-order valence-electron chi connectivity index (χ2n) is 7.30. The van der Waals surface area contributed by atoms with E-state index in [2.05, 4.69) is 15.8 Å².